The first-order valence-electron chi connectivity index (χ1n) is 7.82. The number of nitrogens with zero attached hydrogens (tertiary/aromatic N) is 1. The fourth-order valence-electron chi connectivity index (χ4n) is 4.05. The van der Waals surface area contributed by atoms with Crippen molar-refractivity contribution < 1.29 is 9.53 Å². The number of ether oxygens (including phenoxy) is 1. The molecule has 2 heterocycles. The fraction of sp³-hybridized carbons (Fsp3) is 0.588. The minimum atomic E-state index is -0.258. The van der Waals surface area contributed by atoms with Crippen LogP contribution in [0.25, 0.3) is 0 Å². The highest BCUT2D eigenvalue weighted by molar-refractivity contribution is 5.77. The summed E-state index contributed by atoms with van der Waals surface area (Å²) in [5.41, 5.74) is 1.05. The Morgan fingerprint density at radius 2 is 1.86 bits per heavy atom. The number of carbonyl (C=O) groups is 1. The molecule has 21 heavy (non-hydrogen) atoms. The molecule has 0 aromatic heterocycles. The first-order valence-corrected chi connectivity index (χ1v) is 7.82. The van der Waals surface area contributed by atoms with Crippen molar-refractivity contribution >= 4 is 5.97 Å². The molecule has 1 aromatic rings. The van der Waals surface area contributed by atoms with Gasteiger partial charge >= 0.3 is 5.97 Å². The molecule has 2 aliphatic heterocycles. The van der Waals surface area contributed by atoms with Crippen molar-refractivity contribution in [2.45, 2.75) is 49.9 Å². The average Bonchev–Trinajstić information content (AvgIpc) is 2.78. The lowest BCUT2D eigenvalue weighted by Crippen LogP contribution is -2.51. The molecule has 3 rings (SSSR count). The maximum Gasteiger partial charge on any atom is 0.327 e. The monoisotopic (exact) mass is 288 g/mol. The molecule has 4 nitrogen and oxygen atoms in total. The molecule has 1 N–H and O–H groups in total. The van der Waals surface area contributed by atoms with Crippen LogP contribution in [0.15, 0.2) is 30.3 Å². The van der Waals surface area contributed by atoms with E-state index in [0.717, 1.165) is 18.4 Å². The quantitative estimate of drug-likeness (QED) is 0.862. The Balaban J connectivity index is 1.90. The van der Waals surface area contributed by atoms with Crippen LogP contribution in [0.3, 0.4) is 0 Å². The van der Waals surface area contributed by atoms with Crippen molar-refractivity contribution in [3.63, 3.8) is 0 Å². The Labute approximate surface area is 126 Å². The smallest absolute Gasteiger partial charge is 0.327 e. The molecule has 2 bridgehead atoms. The molecule has 1 aromatic carbocycles. The van der Waals surface area contributed by atoms with E-state index >= 15 is 0 Å². The van der Waals surface area contributed by atoms with Crippen molar-refractivity contribution in [3.05, 3.63) is 35.9 Å². The first kappa shape index (κ1) is 14.5. The van der Waals surface area contributed by atoms with Crippen molar-refractivity contribution in [1.29, 1.82) is 0 Å². The van der Waals surface area contributed by atoms with E-state index in [1.165, 1.54) is 20.0 Å². The van der Waals surface area contributed by atoms with Crippen LogP contribution in [-0.4, -0.2) is 43.2 Å². The van der Waals surface area contributed by atoms with E-state index in [1.807, 2.05) is 37.4 Å². The van der Waals surface area contributed by atoms with Gasteiger partial charge in [-0.1, -0.05) is 30.3 Å². The van der Waals surface area contributed by atoms with E-state index < -0.39 is 0 Å². The summed E-state index contributed by atoms with van der Waals surface area (Å²) in [6, 6.07) is 11.3. The van der Waals surface area contributed by atoms with E-state index in [-0.39, 0.29) is 12.0 Å². The van der Waals surface area contributed by atoms with E-state index in [9.17, 15) is 4.79 Å². The number of hydrogen-bond donors (Lipinski definition) is 1. The van der Waals surface area contributed by atoms with E-state index in [2.05, 4.69) is 10.2 Å². The summed E-state index contributed by atoms with van der Waals surface area (Å²) in [4.78, 5) is 14.8. The minimum absolute atomic E-state index is 0.138. The molecule has 0 spiro atoms. The summed E-state index contributed by atoms with van der Waals surface area (Å²) >= 11 is 0. The second kappa shape index (κ2) is 6.16. The van der Waals surface area contributed by atoms with Crippen LogP contribution in [-0.2, 0) is 9.53 Å². The van der Waals surface area contributed by atoms with E-state index in [0.29, 0.717) is 18.1 Å². The average molecular weight is 288 g/mol. The van der Waals surface area contributed by atoms with Crippen LogP contribution < -0.4 is 5.32 Å². The first-order chi connectivity index (χ1) is 10.2. The second-order valence-electron chi connectivity index (χ2n) is 6.13. The number of hydrogen-bond acceptors (Lipinski definition) is 4. The molecule has 3 unspecified atom stereocenters. The van der Waals surface area contributed by atoms with Gasteiger partial charge in [0.05, 0.1) is 7.11 Å². The third-order valence-electron chi connectivity index (χ3n) is 5.04. The highest BCUT2D eigenvalue weighted by Gasteiger charge is 2.46. The van der Waals surface area contributed by atoms with Gasteiger partial charge in [0, 0.05) is 18.1 Å². The van der Waals surface area contributed by atoms with Gasteiger partial charge in [-0.2, -0.15) is 0 Å². The molecule has 0 aliphatic carbocycles. The SMILES string of the molecule is CNC1CC2CCC(C1)N2C(C(=O)OC)c1ccccc1. The highest BCUT2D eigenvalue weighted by atomic mass is 16.5. The number of esters is 1. The van der Waals surface area contributed by atoms with Gasteiger partial charge in [-0.15, -0.1) is 0 Å². The third kappa shape index (κ3) is 2.70. The van der Waals surface area contributed by atoms with Gasteiger partial charge in [-0.3, -0.25) is 4.90 Å². The molecule has 2 fully saturated rings. The van der Waals surface area contributed by atoms with Crippen LogP contribution >= 0.6 is 0 Å². The molecule has 114 valence electrons. The Bertz CT molecular complexity index is 477. The molecular formula is C17H24N2O2. The Kier molecular flexibility index (Phi) is 4.27. The number of benzene rings is 1. The van der Waals surface area contributed by atoms with Crippen LogP contribution in [0, 0.1) is 0 Å². The van der Waals surface area contributed by atoms with Crippen molar-refractivity contribution in [1.82, 2.24) is 10.2 Å². The molecular weight excluding hydrogens is 264 g/mol. The maximum absolute atomic E-state index is 12.4. The Hall–Kier alpha value is -1.39. The molecule has 4 heteroatoms. The van der Waals surface area contributed by atoms with Gasteiger partial charge in [0.1, 0.15) is 6.04 Å². The highest BCUT2D eigenvalue weighted by Crippen LogP contribution is 2.41. The lowest BCUT2D eigenvalue weighted by atomic mass is 9.93. The van der Waals surface area contributed by atoms with E-state index in [4.69, 9.17) is 4.74 Å². The fourth-order valence-corrected chi connectivity index (χ4v) is 4.05. The minimum Gasteiger partial charge on any atom is -0.468 e. The van der Waals surface area contributed by atoms with Crippen LogP contribution in [0.5, 0.6) is 0 Å². The molecule has 3 atom stereocenters. The molecule has 2 saturated heterocycles. The number of carbonyl (C=O) groups excluding carboxylic acids is 1. The van der Waals surface area contributed by atoms with Crippen LogP contribution in [0.1, 0.15) is 37.3 Å². The normalized spacial score (nSPS) is 30.1. The van der Waals surface area contributed by atoms with Gasteiger partial charge in [0.2, 0.25) is 0 Å². The van der Waals surface area contributed by atoms with Gasteiger partial charge in [-0.05, 0) is 38.3 Å². The van der Waals surface area contributed by atoms with Gasteiger partial charge in [-0.25, -0.2) is 4.79 Å². The topological polar surface area (TPSA) is 41.6 Å². The largest absolute Gasteiger partial charge is 0.468 e. The zero-order valence-corrected chi connectivity index (χ0v) is 12.8. The van der Waals surface area contributed by atoms with Crippen molar-refractivity contribution in [2.24, 2.45) is 0 Å². The lowest BCUT2D eigenvalue weighted by Gasteiger charge is -2.42. The number of fused-ring (bicyclic) bond motifs is 2. The number of nitrogens with one attached hydrogen (secondary N) is 1. The summed E-state index contributed by atoms with van der Waals surface area (Å²) in [7, 11) is 3.52. The predicted octanol–water partition coefficient (Wildman–Crippen LogP) is 2.12. The molecule has 0 radical (unpaired) electrons. The van der Waals surface area contributed by atoms with E-state index in [1.54, 1.807) is 0 Å². The summed E-state index contributed by atoms with van der Waals surface area (Å²) in [5, 5.41) is 3.40. The molecule has 2 aliphatic rings. The van der Waals surface area contributed by atoms with Crippen molar-refractivity contribution in [2.75, 3.05) is 14.2 Å². The summed E-state index contributed by atoms with van der Waals surface area (Å²) in [5.74, 6) is -0.138. The second-order valence-corrected chi connectivity index (χ2v) is 6.13. The standard InChI is InChI=1S/C17H24N2O2/c1-18-13-10-14-8-9-15(11-13)19(14)16(17(20)21-2)12-6-4-3-5-7-12/h3-7,13-16,18H,8-11H2,1-2H3. The summed E-state index contributed by atoms with van der Waals surface area (Å²) in [6.45, 7) is 0. The Morgan fingerprint density at radius 3 is 2.38 bits per heavy atom. The van der Waals surface area contributed by atoms with Crippen molar-refractivity contribution in [3.8, 4) is 0 Å². The predicted molar refractivity (Wildman–Crippen MR) is 81.9 cm³/mol. The van der Waals surface area contributed by atoms with Gasteiger partial charge in [0.15, 0.2) is 0 Å². The summed E-state index contributed by atoms with van der Waals surface area (Å²) in [6.07, 6.45) is 4.60. The van der Waals surface area contributed by atoms with Crippen LogP contribution in [0.2, 0.25) is 0 Å². The van der Waals surface area contributed by atoms with Crippen LogP contribution in [0.4, 0.5) is 0 Å². The number of piperidine rings is 1. The van der Waals surface area contributed by atoms with Gasteiger partial charge in [0.25, 0.3) is 0 Å². The van der Waals surface area contributed by atoms with Gasteiger partial charge < -0.3 is 10.1 Å². The molecule has 0 amide bonds. The summed E-state index contributed by atoms with van der Waals surface area (Å²) < 4.78 is 5.10. The number of rotatable bonds is 4. The lowest BCUT2D eigenvalue weighted by molar-refractivity contribution is -0.149. The third-order valence-corrected chi connectivity index (χ3v) is 5.04. The Morgan fingerprint density at radius 1 is 1.24 bits per heavy atom. The zero-order chi connectivity index (χ0) is 14.8. The maximum atomic E-state index is 12.4. The zero-order valence-electron chi connectivity index (χ0n) is 12.8. The molecule has 0 saturated carbocycles. The number of methoxy groups -OCH3 is 1.